The number of benzene rings is 1. The van der Waals surface area contributed by atoms with Crippen molar-refractivity contribution >= 4 is 29.0 Å². The van der Waals surface area contributed by atoms with Gasteiger partial charge in [-0.15, -0.1) is 0 Å². The number of rotatable bonds is 4. The number of para-hydroxylation sites is 1. The summed E-state index contributed by atoms with van der Waals surface area (Å²) in [6.45, 7) is 0. The summed E-state index contributed by atoms with van der Waals surface area (Å²) in [4.78, 5) is 4.11. The smallest absolute Gasteiger partial charge is 0.169 e. The molecule has 2 aromatic rings. The Bertz CT molecular complexity index is 414. The fraction of sp³-hybridized carbons (Fsp3) is 0.200. The number of thioether (sulfide) groups is 1. The zero-order chi connectivity index (χ0) is 10.5. The fourth-order valence-electron chi connectivity index (χ4n) is 1.24. The highest BCUT2D eigenvalue weighted by Crippen LogP contribution is 2.21. The van der Waals surface area contributed by atoms with Crippen LogP contribution in [0.4, 0.5) is 5.69 Å². The van der Waals surface area contributed by atoms with Gasteiger partial charge in [0.25, 0.3) is 0 Å². The Morgan fingerprint density at radius 3 is 2.93 bits per heavy atom. The molecule has 0 aliphatic rings. The predicted octanol–water partition coefficient (Wildman–Crippen LogP) is 2.46. The van der Waals surface area contributed by atoms with Crippen LogP contribution in [0.5, 0.6) is 0 Å². The maximum Gasteiger partial charge on any atom is 0.169 e. The van der Waals surface area contributed by atoms with Crippen LogP contribution in [0.15, 0.2) is 34.9 Å². The molecule has 0 amide bonds. The Hall–Kier alpha value is -1.07. The Balaban J connectivity index is 1.86. The second-order valence-corrected chi connectivity index (χ2v) is 5.13. The predicted molar refractivity (Wildman–Crippen MR) is 65.2 cm³/mol. The molecule has 0 saturated heterocycles. The molecule has 0 radical (unpaired) electrons. The lowest BCUT2D eigenvalue weighted by atomic mass is 10.1. The highest BCUT2D eigenvalue weighted by molar-refractivity contribution is 8.00. The molecule has 0 bridgehead atoms. The van der Waals surface area contributed by atoms with Crippen LogP contribution in [0.3, 0.4) is 0 Å². The summed E-state index contributed by atoms with van der Waals surface area (Å²) in [7, 11) is 0. The fourth-order valence-corrected chi connectivity index (χ4v) is 2.72. The van der Waals surface area contributed by atoms with E-state index in [9.17, 15) is 0 Å². The maximum absolute atomic E-state index is 5.85. The van der Waals surface area contributed by atoms with E-state index in [0.717, 1.165) is 22.2 Å². The summed E-state index contributed by atoms with van der Waals surface area (Å²) in [5.41, 5.74) is 7.92. The second-order valence-electron chi connectivity index (χ2n) is 3.00. The Kier molecular flexibility index (Phi) is 3.58. The van der Waals surface area contributed by atoms with E-state index in [-0.39, 0.29) is 0 Å². The van der Waals surface area contributed by atoms with Crippen molar-refractivity contribution in [1.82, 2.24) is 9.36 Å². The maximum atomic E-state index is 5.85. The van der Waals surface area contributed by atoms with Crippen molar-refractivity contribution in [1.29, 1.82) is 0 Å². The first-order chi connectivity index (χ1) is 7.36. The summed E-state index contributed by atoms with van der Waals surface area (Å²) in [6, 6.07) is 7.97. The minimum Gasteiger partial charge on any atom is -0.399 e. The van der Waals surface area contributed by atoms with Gasteiger partial charge in [0.1, 0.15) is 6.33 Å². The van der Waals surface area contributed by atoms with Crippen LogP contribution in [0.25, 0.3) is 0 Å². The van der Waals surface area contributed by atoms with Crippen molar-refractivity contribution in [2.45, 2.75) is 10.8 Å². The van der Waals surface area contributed by atoms with Gasteiger partial charge in [-0.1, -0.05) is 30.0 Å². The van der Waals surface area contributed by atoms with E-state index in [2.05, 4.69) is 15.4 Å². The van der Waals surface area contributed by atoms with Gasteiger partial charge in [-0.25, -0.2) is 4.98 Å². The van der Waals surface area contributed by atoms with Crippen LogP contribution in [-0.4, -0.2) is 15.1 Å². The highest BCUT2D eigenvalue weighted by Gasteiger charge is 2.00. The Labute approximate surface area is 96.9 Å². The van der Waals surface area contributed by atoms with Gasteiger partial charge in [0.15, 0.2) is 4.34 Å². The third kappa shape index (κ3) is 2.94. The van der Waals surface area contributed by atoms with Crippen LogP contribution in [-0.2, 0) is 6.42 Å². The summed E-state index contributed by atoms with van der Waals surface area (Å²) in [5, 5.41) is 0. The summed E-state index contributed by atoms with van der Waals surface area (Å²) < 4.78 is 4.97. The van der Waals surface area contributed by atoms with E-state index in [0.29, 0.717) is 0 Å². The van der Waals surface area contributed by atoms with E-state index in [4.69, 9.17) is 5.73 Å². The van der Waals surface area contributed by atoms with Gasteiger partial charge in [-0.2, -0.15) is 4.37 Å². The largest absolute Gasteiger partial charge is 0.399 e. The zero-order valence-corrected chi connectivity index (χ0v) is 9.72. The molecule has 5 heteroatoms. The number of aromatic nitrogens is 2. The van der Waals surface area contributed by atoms with Crippen molar-refractivity contribution in [3.05, 3.63) is 36.2 Å². The molecule has 0 aliphatic carbocycles. The van der Waals surface area contributed by atoms with Crippen LogP contribution in [0.2, 0.25) is 0 Å². The molecule has 0 atom stereocenters. The molecule has 0 spiro atoms. The summed E-state index contributed by atoms with van der Waals surface area (Å²) >= 11 is 3.15. The van der Waals surface area contributed by atoms with E-state index in [1.807, 2.05) is 18.2 Å². The minimum absolute atomic E-state index is 0.871. The number of nitrogens with two attached hydrogens (primary N) is 1. The van der Waals surface area contributed by atoms with Crippen LogP contribution < -0.4 is 5.73 Å². The third-order valence-corrected chi connectivity index (χ3v) is 3.79. The van der Waals surface area contributed by atoms with E-state index in [1.165, 1.54) is 17.1 Å². The lowest BCUT2D eigenvalue weighted by Crippen LogP contribution is -1.95. The number of hydrogen-bond donors (Lipinski definition) is 1. The summed E-state index contributed by atoms with van der Waals surface area (Å²) in [5.74, 6) is 0.989. The van der Waals surface area contributed by atoms with Crippen molar-refractivity contribution in [3.63, 3.8) is 0 Å². The Morgan fingerprint density at radius 2 is 2.20 bits per heavy atom. The number of nitrogens with zero attached hydrogens (tertiary/aromatic N) is 2. The van der Waals surface area contributed by atoms with Crippen molar-refractivity contribution in [2.75, 3.05) is 11.5 Å². The molecule has 1 heterocycles. The van der Waals surface area contributed by atoms with Gasteiger partial charge in [-0.3, -0.25) is 0 Å². The van der Waals surface area contributed by atoms with Crippen molar-refractivity contribution in [2.24, 2.45) is 0 Å². The molecule has 78 valence electrons. The monoisotopic (exact) mass is 237 g/mol. The van der Waals surface area contributed by atoms with Crippen LogP contribution >= 0.6 is 23.3 Å². The molecule has 0 aliphatic heterocycles. The van der Waals surface area contributed by atoms with Gasteiger partial charge in [0.05, 0.1) is 0 Å². The van der Waals surface area contributed by atoms with Crippen molar-refractivity contribution < 1.29 is 0 Å². The highest BCUT2D eigenvalue weighted by atomic mass is 32.2. The molecule has 0 fully saturated rings. The average molecular weight is 237 g/mol. The molecule has 15 heavy (non-hydrogen) atoms. The molecular formula is C10H11N3S2. The molecule has 1 aromatic heterocycles. The van der Waals surface area contributed by atoms with Gasteiger partial charge >= 0.3 is 0 Å². The topological polar surface area (TPSA) is 51.8 Å². The standard InChI is InChI=1S/C10H11N3S2/c11-9-4-2-1-3-8(9)5-6-14-10-12-7-13-15-10/h1-4,7H,5-6,11H2. The van der Waals surface area contributed by atoms with Gasteiger partial charge in [0, 0.05) is 11.4 Å². The average Bonchev–Trinajstić information content (AvgIpc) is 2.74. The van der Waals surface area contributed by atoms with E-state index < -0.39 is 0 Å². The van der Waals surface area contributed by atoms with Crippen LogP contribution in [0, 0.1) is 0 Å². The van der Waals surface area contributed by atoms with Gasteiger partial charge < -0.3 is 5.73 Å². The molecule has 2 rings (SSSR count). The SMILES string of the molecule is Nc1ccccc1CCSc1ncns1. The molecular weight excluding hydrogens is 226 g/mol. The first-order valence-electron chi connectivity index (χ1n) is 4.59. The Morgan fingerprint density at radius 1 is 1.33 bits per heavy atom. The number of anilines is 1. The molecule has 2 N–H and O–H groups in total. The third-order valence-electron chi connectivity index (χ3n) is 1.99. The molecule has 0 saturated carbocycles. The summed E-state index contributed by atoms with van der Waals surface area (Å²) in [6.07, 6.45) is 2.56. The van der Waals surface area contributed by atoms with Gasteiger partial charge in [0.2, 0.25) is 0 Å². The molecule has 0 unspecified atom stereocenters. The van der Waals surface area contributed by atoms with Crippen LogP contribution in [0.1, 0.15) is 5.56 Å². The van der Waals surface area contributed by atoms with E-state index >= 15 is 0 Å². The molecule has 3 nitrogen and oxygen atoms in total. The minimum atomic E-state index is 0.871. The first kappa shape index (κ1) is 10.4. The zero-order valence-electron chi connectivity index (χ0n) is 8.09. The normalized spacial score (nSPS) is 10.4. The van der Waals surface area contributed by atoms with E-state index in [1.54, 1.807) is 18.1 Å². The second kappa shape index (κ2) is 5.14. The lowest BCUT2D eigenvalue weighted by Gasteiger charge is -2.03. The first-order valence-corrected chi connectivity index (χ1v) is 6.35. The molecule has 1 aromatic carbocycles. The van der Waals surface area contributed by atoms with Gasteiger partial charge in [-0.05, 0) is 29.6 Å². The number of hydrogen-bond acceptors (Lipinski definition) is 5. The quantitative estimate of drug-likeness (QED) is 0.655. The number of aryl methyl sites for hydroxylation is 1. The lowest BCUT2D eigenvalue weighted by molar-refractivity contribution is 1.15. The number of nitrogen functional groups attached to an aromatic ring is 1. The van der Waals surface area contributed by atoms with Crippen molar-refractivity contribution in [3.8, 4) is 0 Å².